The monoisotopic (exact) mass is 348 g/mol. The molecule has 4 aromatic rings. The van der Waals surface area contributed by atoms with Crippen LogP contribution in [0.4, 0.5) is 0 Å². The Bertz CT molecular complexity index is 1070. The number of hydrogen-bond donors (Lipinski definition) is 0. The average Bonchev–Trinajstić information content (AvgIpc) is 3.31. The van der Waals surface area contributed by atoms with Gasteiger partial charge in [0.05, 0.1) is 11.2 Å². The molecule has 2 aromatic carbocycles. The molecule has 5 rings (SSSR count). The van der Waals surface area contributed by atoms with Crippen LogP contribution < -0.4 is 0 Å². The third-order valence-corrected chi connectivity index (χ3v) is 5.34. The van der Waals surface area contributed by atoms with Gasteiger partial charge in [-0.1, -0.05) is 54.8 Å². The predicted octanol–water partition coefficient (Wildman–Crippen LogP) is 5.26. The first kappa shape index (κ1) is 14.8. The second kappa shape index (κ2) is 5.81. The highest BCUT2D eigenvalue weighted by Crippen LogP contribution is 2.36. The maximum absolute atomic E-state index is 6.30. The van der Waals surface area contributed by atoms with Gasteiger partial charge in [-0.3, -0.25) is 4.40 Å². The van der Waals surface area contributed by atoms with E-state index in [1.807, 2.05) is 30.3 Å². The van der Waals surface area contributed by atoms with Crippen molar-refractivity contribution in [2.45, 2.75) is 31.6 Å². The van der Waals surface area contributed by atoms with E-state index < -0.39 is 0 Å². The predicted molar refractivity (Wildman–Crippen MR) is 99.9 cm³/mol. The lowest BCUT2D eigenvalue weighted by molar-refractivity contribution is 0.662. The summed E-state index contributed by atoms with van der Waals surface area (Å²) in [5.74, 6) is 2.17. The molecule has 2 heterocycles. The van der Waals surface area contributed by atoms with Gasteiger partial charge in [0, 0.05) is 21.9 Å². The zero-order valence-corrected chi connectivity index (χ0v) is 14.4. The van der Waals surface area contributed by atoms with Crippen LogP contribution in [-0.4, -0.2) is 19.6 Å². The zero-order valence-electron chi connectivity index (χ0n) is 13.7. The van der Waals surface area contributed by atoms with Crippen molar-refractivity contribution in [1.82, 2.24) is 19.6 Å². The number of fused-ring (bicyclic) bond motifs is 3. The summed E-state index contributed by atoms with van der Waals surface area (Å²) in [5, 5.41) is 10.6. The highest BCUT2D eigenvalue weighted by molar-refractivity contribution is 6.31. The molecular formula is C20H17ClN4. The molecule has 0 atom stereocenters. The normalized spacial score (nSPS) is 15.4. The van der Waals surface area contributed by atoms with Crippen molar-refractivity contribution in [2.24, 2.45) is 0 Å². The summed E-state index contributed by atoms with van der Waals surface area (Å²) in [5.41, 5.74) is 3.03. The Balaban J connectivity index is 1.86. The van der Waals surface area contributed by atoms with E-state index in [1.165, 1.54) is 25.7 Å². The Kier molecular flexibility index (Phi) is 3.45. The Hall–Kier alpha value is -2.46. The van der Waals surface area contributed by atoms with Gasteiger partial charge in [-0.05, 0) is 31.0 Å². The van der Waals surface area contributed by atoms with Crippen molar-refractivity contribution in [3.63, 3.8) is 0 Å². The molecule has 0 saturated heterocycles. The number of aromatic nitrogens is 4. The lowest BCUT2D eigenvalue weighted by Crippen LogP contribution is -2.03. The van der Waals surface area contributed by atoms with Gasteiger partial charge in [0.15, 0.2) is 0 Å². The van der Waals surface area contributed by atoms with E-state index >= 15 is 0 Å². The highest BCUT2D eigenvalue weighted by atomic mass is 35.5. The molecule has 0 aliphatic heterocycles. The van der Waals surface area contributed by atoms with E-state index in [0.29, 0.717) is 16.7 Å². The number of halogens is 1. The lowest BCUT2D eigenvalue weighted by Gasteiger charge is -2.12. The minimum atomic E-state index is 0.471. The Labute approximate surface area is 150 Å². The number of hydrogen-bond acceptors (Lipinski definition) is 3. The fourth-order valence-corrected chi connectivity index (χ4v) is 4.08. The Morgan fingerprint density at radius 3 is 2.56 bits per heavy atom. The van der Waals surface area contributed by atoms with Crippen molar-refractivity contribution in [2.75, 3.05) is 0 Å². The first-order valence-corrected chi connectivity index (χ1v) is 9.09. The van der Waals surface area contributed by atoms with Crippen LogP contribution >= 0.6 is 11.6 Å². The van der Waals surface area contributed by atoms with Crippen LogP contribution in [0, 0.1) is 0 Å². The van der Waals surface area contributed by atoms with Crippen molar-refractivity contribution in [3.8, 4) is 11.3 Å². The van der Waals surface area contributed by atoms with Gasteiger partial charge < -0.3 is 0 Å². The maximum Gasteiger partial charge on any atom is 0.256 e. The fourth-order valence-electron chi connectivity index (χ4n) is 3.91. The summed E-state index contributed by atoms with van der Waals surface area (Å²) in [6, 6.07) is 16.1. The molecule has 1 aliphatic carbocycles. The van der Waals surface area contributed by atoms with Gasteiger partial charge in [0.2, 0.25) is 0 Å². The summed E-state index contributed by atoms with van der Waals surface area (Å²) >= 11 is 6.30. The Morgan fingerprint density at radius 2 is 1.76 bits per heavy atom. The van der Waals surface area contributed by atoms with Crippen LogP contribution in [0.3, 0.4) is 0 Å². The average molecular weight is 349 g/mol. The first-order valence-electron chi connectivity index (χ1n) is 8.71. The van der Waals surface area contributed by atoms with Crippen LogP contribution in [0.5, 0.6) is 0 Å². The molecule has 0 amide bonds. The van der Waals surface area contributed by atoms with Gasteiger partial charge in [0.1, 0.15) is 5.82 Å². The van der Waals surface area contributed by atoms with Gasteiger partial charge in [-0.15, -0.1) is 10.2 Å². The lowest BCUT2D eigenvalue weighted by atomic mass is 10.1. The number of rotatable bonds is 2. The second-order valence-corrected chi connectivity index (χ2v) is 7.10. The van der Waals surface area contributed by atoms with E-state index in [2.05, 4.69) is 32.8 Å². The van der Waals surface area contributed by atoms with Crippen molar-refractivity contribution in [1.29, 1.82) is 0 Å². The topological polar surface area (TPSA) is 43.1 Å². The molecule has 0 unspecified atom stereocenters. The van der Waals surface area contributed by atoms with Gasteiger partial charge in [0.25, 0.3) is 5.78 Å². The van der Waals surface area contributed by atoms with Gasteiger partial charge >= 0.3 is 0 Å². The van der Waals surface area contributed by atoms with E-state index in [0.717, 1.165) is 28.0 Å². The summed E-state index contributed by atoms with van der Waals surface area (Å²) in [4.78, 5) is 4.84. The van der Waals surface area contributed by atoms with Crippen molar-refractivity contribution < 1.29 is 0 Å². The molecule has 0 bridgehead atoms. The standard InChI is InChI=1S/C20H17ClN4/c21-15-10-11-17-16(12-15)18(13-6-2-1-3-7-13)22-20-24-23-19(25(17)20)14-8-4-5-9-14/h1-3,6-7,10-12,14H,4-5,8-9H2. The van der Waals surface area contributed by atoms with E-state index in [9.17, 15) is 0 Å². The molecule has 124 valence electrons. The van der Waals surface area contributed by atoms with Crippen LogP contribution in [0.25, 0.3) is 27.9 Å². The minimum Gasteiger partial charge on any atom is -0.263 e. The Morgan fingerprint density at radius 1 is 0.960 bits per heavy atom. The fraction of sp³-hybridized carbons (Fsp3) is 0.250. The molecule has 4 nitrogen and oxygen atoms in total. The van der Waals surface area contributed by atoms with Crippen molar-refractivity contribution in [3.05, 3.63) is 59.4 Å². The van der Waals surface area contributed by atoms with Gasteiger partial charge in [-0.25, -0.2) is 4.98 Å². The van der Waals surface area contributed by atoms with Gasteiger partial charge in [-0.2, -0.15) is 0 Å². The van der Waals surface area contributed by atoms with E-state index in [4.69, 9.17) is 16.6 Å². The quantitative estimate of drug-likeness (QED) is 0.496. The van der Waals surface area contributed by atoms with E-state index in [-0.39, 0.29) is 0 Å². The molecule has 1 aliphatic rings. The molecule has 2 aromatic heterocycles. The molecule has 25 heavy (non-hydrogen) atoms. The molecule has 0 N–H and O–H groups in total. The third kappa shape index (κ3) is 2.40. The highest BCUT2D eigenvalue weighted by Gasteiger charge is 2.24. The summed E-state index contributed by atoms with van der Waals surface area (Å²) in [6.07, 6.45) is 4.88. The van der Waals surface area contributed by atoms with Crippen LogP contribution in [0.2, 0.25) is 5.02 Å². The van der Waals surface area contributed by atoms with Crippen molar-refractivity contribution >= 4 is 28.3 Å². The van der Waals surface area contributed by atoms with E-state index in [1.54, 1.807) is 0 Å². The molecule has 0 radical (unpaired) electrons. The second-order valence-electron chi connectivity index (χ2n) is 6.66. The SMILES string of the molecule is Clc1ccc2c(c1)c(-c1ccccc1)nc1nnc(C3CCCC3)n12. The van der Waals surface area contributed by atoms with Crippen LogP contribution in [-0.2, 0) is 0 Å². The third-order valence-electron chi connectivity index (χ3n) is 5.10. The van der Waals surface area contributed by atoms with Crippen LogP contribution in [0.1, 0.15) is 37.4 Å². The summed E-state index contributed by atoms with van der Waals surface area (Å²) in [7, 11) is 0. The zero-order chi connectivity index (χ0) is 16.8. The number of benzene rings is 2. The largest absolute Gasteiger partial charge is 0.263 e. The minimum absolute atomic E-state index is 0.471. The summed E-state index contributed by atoms with van der Waals surface area (Å²) < 4.78 is 2.12. The first-order chi connectivity index (χ1) is 12.3. The maximum atomic E-state index is 6.30. The smallest absolute Gasteiger partial charge is 0.256 e. The molecular weight excluding hydrogens is 332 g/mol. The summed E-state index contributed by atoms with van der Waals surface area (Å²) in [6.45, 7) is 0. The molecule has 1 fully saturated rings. The number of nitrogens with zero attached hydrogens (tertiary/aromatic N) is 4. The molecule has 5 heteroatoms. The van der Waals surface area contributed by atoms with Crippen LogP contribution in [0.15, 0.2) is 48.5 Å². The molecule has 0 spiro atoms. The molecule has 1 saturated carbocycles.